The van der Waals surface area contributed by atoms with Crippen LogP contribution in [0.5, 0.6) is 0 Å². The SMILES string of the molecule is CCCCN(CCO)C(=O)Nc1ccc(C(=O)N(C)C2CCCCC2)c(Cl)c1. The molecule has 0 atom stereocenters. The van der Waals surface area contributed by atoms with Crippen molar-refractivity contribution in [3.63, 3.8) is 0 Å². The molecule has 1 aromatic rings. The van der Waals surface area contributed by atoms with Crippen LogP contribution in [0.1, 0.15) is 62.2 Å². The third-order valence-corrected chi connectivity index (χ3v) is 5.64. The van der Waals surface area contributed by atoms with Crippen molar-refractivity contribution in [2.45, 2.75) is 57.9 Å². The molecule has 6 nitrogen and oxygen atoms in total. The van der Waals surface area contributed by atoms with Gasteiger partial charge in [-0.05, 0) is 37.5 Å². The smallest absolute Gasteiger partial charge is 0.321 e. The summed E-state index contributed by atoms with van der Waals surface area (Å²) in [6.07, 6.45) is 7.45. The van der Waals surface area contributed by atoms with Crippen LogP contribution in [0.2, 0.25) is 5.02 Å². The number of anilines is 1. The lowest BCUT2D eigenvalue weighted by Gasteiger charge is -2.31. The standard InChI is InChI=1S/C21H32ClN3O3/c1-3-4-12-25(13-14-26)21(28)23-16-10-11-18(19(22)15-16)20(27)24(2)17-8-6-5-7-9-17/h10-11,15,17,26H,3-9,12-14H2,1-2H3,(H,23,28). The van der Waals surface area contributed by atoms with Gasteiger partial charge in [-0.1, -0.05) is 44.2 Å². The van der Waals surface area contributed by atoms with E-state index in [0.29, 0.717) is 22.8 Å². The first-order chi connectivity index (χ1) is 13.5. The van der Waals surface area contributed by atoms with Crippen LogP contribution in [0.3, 0.4) is 0 Å². The first kappa shape index (κ1) is 22.5. The Morgan fingerprint density at radius 2 is 1.93 bits per heavy atom. The molecule has 0 radical (unpaired) electrons. The van der Waals surface area contributed by atoms with E-state index in [2.05, 4.69) is 12.2 Å². The molecule has 2 N–H and O–H groups in total. The molecule has 2 rings (SSSR count). The summed E-state index contributed by atoms with van der Waals surface area (Å²) in [7, 11) is 1.84. The van der Waals surface area contributed by atoms with Crippen molar-refractivity contribution in [2.24, 2.45) is 0 Å². The van der Waals surface area contributed by atoms with E-state index in [0.717, 1.165) is 38.5 Å². The highest BCUT2D eigenvalue weighted by molar-refractivity contribution is 6.34. The maximum Gasteiger partial charge on any atom is 0.321 e. The van der Waals surface area contributed by atoms with Gasteiger partial charge in [0.05, 0.1) is 17.2 Å². The van der Waals surface area contributed by atoms with Gasteiger partial charge in [-0.25, -0.2) is 4.79 Å². The highest BCUT2D eigenvalue weighted by atomic mass is 35.5. The van der Waals surface area contributed by atoms with E-state index in [4.69, 9.17) is 16.7 Å². The van der Waals surface area contributed by atoms with E-state index in [1.165, 1.54) is 6.42 Å². The van der Waals surface area contributed by atoms with Gasteiger partial charge in [-0.2, -0.15) is 0 Å². The van der Waals surface area contributed by atoms with Gasteiger partial charge in [0.1, 0.15) is 0 Å². The van der Waals surface area contributed by atoms with Crippen LogP contribution in [-0.2, 0) is 0 Å². The first-order valence-electron chi connectivity index (χ1n) is 10.2. The predicted octanol–water partition coefficient (Wildman–Crippen LogP) is 4.37. The van der Waals surface area contributed by atoms with Crippen molar-refractivity contribution in [1.82, 2.24) is 9.80 Å². The third kappa shape index (κ3) is 6.11. The molecule has 1 fully saturated rings. The van der Waals surface area contributed by atoms with E-state index in [9.17, 15) is 9.59 Å². The molecular formula is C21H32ClN3O3. The Morgan fingerprint density at radius 1 is 1.21 bits per heavy atom. The minimum Gasteiger partial charge on any atom is -0.395 e. The molecule has 0 aromatic heterocycles. The fourth-order valence-electron chi connectivity index (χ4n) is 3.58. The number of benzene rings is 1. The zero-order valence-electron chi connectivity index (χ0n) is 16.9. The molecule has 1 aromatic carbocycles. The lowest BCUT2D eigenvalue weighted by molar-refractivity contribution is 0.0696. The molecule has 7 heteroatoms. The first-order valence-corrected chi connectivity index (χ1v) is 10.6. The summed E-state index contributed by atoms with van der Waals surface area (Å²) in [6, 6.07) is 4.96. The van der Waals surface area contributed by atoms with Crippen LogP contribution in [0.25, 0.3) is 0 Å². The Labute approximate surface area is 172 Å². The van der Waals surface area contributed by atoms with Crippen LogP contribution in [0, 0.1) is 0 Å². The van der Waals surface area contributed by atoms with E-state index in [1.807, 2.05) is 7.05 Å². The minimum absolute atomic E-state index is 0.0837. The van der Waals surface area contributed by atoms with Gasteiger partial charge in [-0.3, -0.25) is 4.79 Å². The van der Waals surface area contributed by atoms with Gasteiger partial charge in [0.15, 0.2) is 0 Å². The largest absolute Gasteiger partial charge is 0.395 e. The number of nitrogens with one attached hydrogen (secondary N) is 1. The Bertz CT molecular complexity index is 662. The van der Waals surface area contributed by atoms with Gasteiger partial charge in [-0.15, -0.1) is 0 Å². The van der Waals surface area contributed by atoms with Crippen LogP contribution in [0.15, 0.2) is 18.2 Å². The molecule has 0 aliphatic heterocycles. The molecule has 1 aliphatic carbocycles. The number of unbranched alkanes of at least 4 members (excludes halogenated alkanes) is 1. The van der Waals surface area contributed by atoms with Crippen molar-refractivity contribution in [1.29, 1.82) is 0 Å². The van der Waals surface area contributed by atoms with E-state index < -0.39 is 0 Å². The average molecular weight is 410 g/mol. The van der Waals surface area contributed by atoms with E-state index in [1.54, 1.807) is 28.0 Å². The summed E-state index contributed by atoms with van der Waals surface area (Å²) in [4.78, 5) is 28.6. The van der Waals surface area contributed by atoms with Gasteiger partial charge in [0.2, 0.25) is 0 Å². The Kier molecular flexibility index (Phi) is 9.06. The van der Waals surface area contributed by atoms with Crippen molar-refractivity contribution < 1.29 is 14.7 Å². The number of urea groups is 1. The van der Waals surface area contributed by atoms with Crippen LogP contribution in [-0.4, -0.2) is 59.6 Å². The summed E-state index contributed by atoms with van der Waals surface area (Å²) in [5, 5.41) is 12.3. The summed E-state index contributed by atoms with van der Waals surface area (Å²) in [5.74, 6) is -0.0837. The average Bonchev–Trinajstić information content (AvgIpc) is 2.70. The number of halogens is 1. The van der Waals surface area contributed by atoms with Crippen LogP contribution < -0.4 is 5.32 Å². The Balaban J connectivity index is 2.04. The summed E-state index contributed by atoms with van der Waals surface area (Å²) >= 11 is 6.36. The molecule has 1 saturated carbocycles. The van der Waals surface area contributed by atoms with Gasteiger partial charge >= 0.3 is 6.03 Å². The topological polar surface area (TPSA) is 72.9 Å². The number of carbonyl (C=O) groups is 2. The minimum atomic E-state index is -0.281. The fraction of sp³-hybridized carbons (Fsp3) is 0.619. The number of aliphatic hydroxyl groups excluding tert-OH is 1. The predicted molar refractivity (Wildman–Crippen MR) is 113 cm³/mol. The molecule has 3 amide bonds. The number of carbonyl (C=O) groups excluding carboxylic acids is 2. The maximum absolute atomic E-state index is 12.8. The van der Waals surface area contributed by atoms with Crippen LogP contribution >= 0.6 is 11.6 Å². The molecule has 0 saturated heterocycles. The molecule has 156 valence electrons. The van der Waals surface area contributed by atoms with Crippen molar-refractivity contribution >= 4 is 29.2 Å². The zero-order chi connectivity index (χ0) is 20.5. The quantitative estimate of drug-likeness (QED) is 0.669. The lowest BCUT2D eigenvalue weighted by Crippen LogP contribution is -2.38. The maximum atomic E-state index is 12.8. The van der Waals surface area contributed by atoms with Gasteiger partial charge in [0, 0.05) is 31.9 Å². The monoisotopic (exact) mass is 409 g/mol. The normalized spacial score (nSPS) is 14.6. The Hall–Kier alpha value is -1.79. The number of amides is 3. The second-order valence-corrected chi connectivity index (χ2v) is 7.80. The van der Waals surface area contributed by atoms with Crippen LogP contribution in [0.4, 0.5) is 10.5 Å². The van der Waals surface area contributed by atoms with Gasteiger partial charge < -0.3 is 20.2 Å². The molecular weight excluding hydrogens is 378 g/mol. The number of aliphatic hydroxyl groups is 1. The number of hydrogen-bond donors (Lipinski definition) is 2. The Morgan fingerprint density at radius 3 is 2.54 bits per heavy atom. The summed E-state index contributed by atoms with van der Waals surface area (Å²) < 4.78 is 0. The molecule has 0 bridgehead atoms. The summed E-state index contributed by atoms with van der Waals surface area (Å²) in [6.45, 7) is 2.83. The molecule has 0 spiro atoms. The molecule has 0 unspecified atom stereocenters. The molecule has 1 aliphatic rings. The van der Waals surface area contributed by atoms with E-state index >= 15 is 0 Å². The number of hydrogen-bond acceptors (Lipinski definition) is 3. The van der Waals surface area contributed by atoms with Crippen molar-refractivity contribution in [3.8, 4) is 0 Å². The zero-order valence-corrected chi connectivity index (χ0v) is 17.7. The van der Waals surface area contributed by atoms with Crippen molar-refractivity contribution in [3.05, 3.63) is 28.8 Å². The second-order valence-electron chi connectivity index (χ2n) is 7.40. The fourth-order valence-corrected chi connectivity index (χ4v) is 3.84. The molecule has 0 heterocycles. The van der Waals surface area contributed by atoms with Gasteiger partial charge in [0.25, 0.3) is 5.91 Å². The highest BCUT2D eigenvalue weighted by Crippen LogP contribution is 2.26. The summed E-state index contributed by atoms with van der Waals surface area (Å²) in [5.41, 5.74) is 0.984. The van der Waals surface area contributed by atoms with Crippen molar-refractivity contribution in [2.75, 3.05) is 32.1 Å². The third-order valence-electron chi connectivity index (χ3n) is 5.33. The lowest BCUT2D eigenvalue weighted by atomic mass is 9.94. The molecule has 28 heavy (non-hydrogen) atoms. The second kappa shape index (κ2) is 11.3. The number of rotatable bonds is 8. The number of nitrogens with zero attached hydrogens (tertiary/aromatic N) is 2. The highest BCUT2D eigenvalue weighted by Gasteiger charge is 2.24. The van der Waals surface area contributed by atoms with E-state index in [-0.39, 0.29) is 31.1 Å².